The summed E-state index contributed by atoms with van der Waals surface area (Å²) < 4.78 is 12.5. The molecule has 0 spiro atoms. The molecule has 0 radical (unpaired) electrons. The third-order valence-electron chi connectivity index (χ3n) is 5.63. The predicted octanol–water partition coefficient (Wildman–Crippen LogP) is 3.52. The minimum atomic E-state index is -0.318. The first kappa shape index (κ1) is 18.5. The fourth-order valence-corrected chi connectivity index (χ4v) is 3.40. The van der Waals surface area contributed by atoms with Gasteiger partial charge in [-0.05, 0) is 70.8 Å². The van der Waals surface area contributed by atoms with E-state index >= 15 is 0 Å². The highest BCUT2D eigenvalue weighted by Gasteiger charge is 2.52. The van der Waals surface area contributed by atoms with E-state index in [2.05, 4.69) is 68.3 Å². The number of nitrogens with zero attached hydrogens (tertiary/aromatic N) is 1. The van der Waals surface area contributed by atoms with E-state index in [1.807, 2.05) is 7.05 Å². The van der Waals surface area contributed by atoms with Crippen molar-refractivity contribution in [2.24, 2.45) is 0 Å². The van der Waals surface area contributed by atoms with Crippen LogP contribution in [0.25, 0.3) is 6.08 Å². The molecular weight excluding hydrogens is 311 g/mol. The summed E-state index contributed by atoms with van der Waals surface area (Å²) in [4.78, 5) is 2.46. The summed E-state index contributed by atoms with van der Waals surface area (Å²) >= 11 is 0. The average molecular weight is 342 g/mol. The van der Waals surface area contributed by atoms with Crippen LogP contribution in [0.4, 0.5) is 5.69 Å². The van der Waals surface area contributed by atoms with Crippen molar-refractivity contribution < 1.29 is 9.31 Å². The number of likely N-dealkylation sites (N-methyl/N-ethyl adjacent to an activating group) is 1. The van der Waals surface area contributed by atoms with Gasteiger partial charge in [-0.2, -0.15) is 0 Å². The molecule has 0 unspecified atom stereocenters. The molecule has 25 heavy (non-hydrogen) atoms. The van der Waals surface area contributed by atoms with E-state index in [9.17, 15) is 0 Å². The normalized spacial score (nSPS) is 22.7. The van der Waals surface area contributed by atoms with E-state index in [0.717, 1.165) is 25.1 Å². The molecule has 1 aromatic rings. The van der Waals surface area contributed by atoms with E-state index in [-0.39, 0.29) is 18.3 Å². The predicted molar refractivity (Wildman–Crippen MR) is 106 cm³/mol. The third-order valence-corrected chi connectivity index (χ3v) is 5.63. The van der Waals surface area contributed by atoms with E-state index in [4.69, 9.17) is 9.31 Å². The fourth-order valence-electron chi connectivity index (χ4n) is 3.40. The molecule has 0 saturated carbocycles. The van der Waals surface area contributed by atoms with Gasteiger partial charge >= 0.3 is 7.12 Å². The molecule has 2 heterocycles. The molecule has 136 valence electrons. The molecule has 0 bridgehead atoms. The lowest BCUT2D eigenvalue weighted by molar-refractivity contribution is 0.00578. The molecule has 5 heteroatoms. The maximum atomic E-state index is 6.24. The molecule has 0 atom stereocenters. The second-order valence-corrected chi connectivity index (χ2v) is 8.13. The van der Waals surface area contributed by atoms with Gasteiger partial charge < -0.3 is 19.5 Å². The van der Waals surface area contributed by atoms with Gasteiger partial charge in [0.25, 0.3) is 0 Å². The second-order valence-electron chi connectivity index (χ2n) is 8.13. The molecule has 2 saturated heterocycles. The van der Waals surface area contributed by atoms with Crippen molar-refractivity contribution in [1.29, 1.82) is 0 Å². The summed E-state index contributed by atoms with van der Waals surface area (Å²) in [6.07, 6.45) is 4.79. The smallest absolute Gasteiger partial charge is 0.400 e. The number of rotatable bonds is 5. The molecule has 0 aromatic heterocycles. The summed E-state index contributed by atoms with van der Waals surface area (Å²) in [5.41, 5.74) is 3.00. The first-order valence-corrected chi connectivity index (χ1v) is 9.38. The van der Waals surface area contributed by atoms with Gasteiger partial charge in [0.05, 0.1) is 11.2 Å². The van der Waals surface area contributed by atoms with Crippen molar-refractivity contribution in [2.75, 3.05) is 31.6 Å². The van der Waals surface area contributed by atoms with Crippen LogP contribution in [-0.4, -0.2) is 45.0 Å². The van der Waals surface area contributed by atoms with Crippen molar-refractivity contribution in [1.82, 2.24) is 5.32 Å². The molecule has 1 aromatic carbocycles. The molecule has 3 rings (SSSR count). The molecule has 2 aliphatic heterocycles. The topological polar surface area (TPSA) is 33.7 Å². The molecule has 2 fully saturated rings. The summed E-state index contributed by atoms with van der Waals surface area (Å²) in [5, 5.41) is 3.25. The summed E-state index contributed by atoms with van der Waals surface area (Å²) in [7, 11) is 1.65. The van der Waals surface area contributed by atoms with Crippen molar-refractivity contribution >= 4 is 18.9 Å². The Morgan fingerprint density at radius 1 is 1.16 bits per heavy atom. The number of benzene rings is 1. The first-order chi connectivity index (χ1) is 11.8. The Kier molecular flexibility index (Phi) is 5.28. The maximum absolute atomic E-state index is 6.24. The van der Waals surface area contributed by atoms with Gasteiger partial charge in [0.2, 0.25) is 0 Å². The van der Waals surface area contributed by atoms with Gasteiger partial charge in [0.1, 0.15) is 0 Å². The monoisotopic (exact) mass is 342 g/mol. The zero-order valence-electron chi connectivity index (χ0n) is 16.3. The summed E-state index contributed by atoms with van der Waals surface area (Å²) in [5.74, 6) is 0. The Hall–Kier alpha value is -1.30. The van der Waals surface area contributed by atoms with Crippen molar-refractivity contribution in [3.63, 3.8) is 0 Å². The Bertz CT molecular complexity index is 620. The summed E-state index contributed by atoms with van der Waals surface area (Å²) in [6, 6.07) is 8.77. The largest absolute Gasteiger partial charge is 0.491 e. The molecular formula is C20H31BN2O2. The Morgan fingerprint density at radius 2 is 1.80 bits per heavy atom. The standard InChI is InChI=1S/C20H31BN2O2/c1-19(2)20(3,4)25-21(24-19)17(15-22-5)13-16-9-8-10-18(14-16)23-11-6-7-12-23/h8-10,13-14,22H,6-7,11-12,15H2,1-5H3. The lowest BCUT2D eigenvalue weighted by Crippen LogP contribution is -2.41. The highest BCUT2D eigenvalue weighted by molar-refractivity contribution is 6.55. The van der Waals surface area contributed by atoms with Crippen LogP contribution in [-0.2, 0) is 9.31 Å². The van der Waals surface area contributed by atoms with Crippen LogP contribution >= 0.6 is 0 Å². The van der Waals surface area contributed by atoms with Crippen LogP contribution in [0.3, 0.4) is 0 Å². The van der Waals surface area contributed by atoms with Gasteiger partial charge in [-0.1, -0.05) is 18.2 Å². The average Bonchev–Trinajstić information content (AvgIpc) is 3.14. The van der Waals surface area contributed by atoms with Crippen LogP contribution in [0.5, 0.6) is 0 Å². The summed E-state index contributed by atoms with van der Waals surface area (Å²) in [6.45, 7) is 11.4. The lowest BCUT2D eigenvalue weighted by Gasteiger charge is -2.32. The van der Waals surface area contributed by atoms with E-state index in [1.165, 1.54) is 24.1 Å². The van der Waals surface area contributed by atoms with Crippen LogP contribution < -0.4 is 10.2 Å². The van der Waals surface area contributed by atoms with E-state index in [0.29, 0.717) is 0 Å². The third kappa shape index (κ3) is 3.94. The number of anilines is 1. The van der Waals surface area contributed by atoms with Crippen LogP contribution in [0.15, 0.2) is 29.7 Å². The number of hydrogen-bond donors (Lipinski definition) is 1. The van der Waals surface area contributed by atoms with Gasteiger partial charge in [-0.15, -0.1) is 0 Å². The van der Waals surface area contributed by atoms with Crippen molar-refractivity contribution in [2.45, 2.75) is 51.7 Å². The minimum Gasteiger partial charge on any atom is -0.400 e. The maximum Gasteiger partial charge on any atom is 0.491 e. The second kappa shape index (κ2) is 7.14. The first-order valence-electron chi connectivity index (χ1n) is 9.38. The molecule has 0 amide bonds. The van der Waals surface area contributed by atoms with E-state index < -0.39 is 0 Å². The Labute approximate surface area is 152 Å². The lowest BCUT2D eigenvalue weighted by atomic mass is 9.77. The Morgan fingerprint density at radius 3 is 2.40 bits per heavy atom. The number of hydrogen-bond acceptors (Lipinski definition) is 4. The molecule has 2 aliphatic rings. The quantitative estimate of drug-likeness (QED) is 0.830. The molecule has 0 aliphatic carbocycles. The zero-order chi connectivity index (χ0) is 18.1. The highest BCUT2D eigenvalue weighted by Crippen LogP contribution is 2.38. The fraction of sp³-hybridized carbons (Fsp3) is 0.600. The Balaban J connectivity index is 1.84. The van der Waals surface area contributed by atoms with Gasteiger partial charge in [-0.25, -0.2) is 0 Å². The van der Waals surface area contributed by atoms with E-state index in [1.54, 1.807) is 0 Å². The van der Waals surface area contributed by atoms with Crippen LogP contribution in [0.1, 0.15) is 46.1 Å². The molecule has 4 nitrogen and oxygen atoms in total. The van der Waals surface area contributed by atoms with Gasteiger partial charge in [0, 0.05) is 25.3 Å². The van der Waals surface area contributed by atoms with Crippen LogP contribution in [0, 0.1) is 0 Å². The highest BCUT2D eigenvalue weighted by atomic mass is 16.7. The number of nitrogens with one attached hydrogen (secondary N) is 1. The van der Waals surface area contributed by atoms with Gasteiger partial charge in [-0.3, -0.25) is 0 Å². The minimum absolute atomic E-state index is 0.312. The van der Waals surface area contributed by atoms with Gasteiger partial charge in [0.15, 0.2) is 0 Å². The van der Waals surface area contributed by atoms with Crippen LogP contribution in [0.2, 0.25) is 0 Å². The van der Waals surface area contributed by atoms with Crippen molar-refractivity contribution in [3.8, 4) is 0 Å². The molecule has 1 N–H and O–H groups in total. The SMILES string of the molecule is CNCC(=Cc1cccc(N2CCCC2)c1)B1OC(C)(C)C(C)(C)O1. The zero-order valence-corrected chi connectivity index (χ0v) is 16.3. The van der Waals surface area contributed by atoms with Crippen molar-refractivity contribution in [3.05, 3.63) is 35.3 Å².